The maximum atomic E-state index is 13.9. The van der Waals surface area contributed by atoms with E-state index in [2.05, 4.69) is 0 Å². The normalized spacial score (nSPS) is 30.2. The summed E-state index contributed by atoms with van der Waals surface area (Å²) in [7, 11) is 0. The summed E-state index contributed by atoms with van der Waals surface area (Å²) in [4.78, 5) is 52.4. The number of hydrogen-bond donors (Lipinski definition) is 3. The molecule has 2 heterocycles. The molecular weight excluding hydrogens is 468 g/mol. The van der Waals surface area contributed by atoms with Crippen molar-refractivity contribution in [3.8, 4) is 11.3 Å². The second-order valence-corrected chi connectivity index (χ2v) is 9.11. The molecule has 1 unspecified atom stereocenters. The highest BCUT2D eigenvalue weighted by molar-refractivity contribution is 6.05. The van der Waals surface area contributed by atoms with Gasteiger partial charge in [0, 0.05) is 5.56 Å². The number of fused-ring (bicyclic) bond motifs is 1. The zero-order chi connectivity index (χ0) is 26.6. The Labute approximate surface area is 205 Å². The van der Waals surface area contributed by atoms with Crippen molar-refractivity contribution >= 4 is 28.3 Å². The van der Waals surface area contributed by atoms with Gasteiger partial charge in [-0.25, -0.2) is 0 Å². The molecule has 1 saturated heterocycles. The van der Waals surface area contributed by atoms with Crippen LogP contribution in [0.3, 0.4) is 0 Å². The molecule has 0 aliphatic carbocycles. The Kier molecular flexibility index (Phi) is 6.09. The quantitative estimate of drug-likeness (QED) is 0.483. The van der Waals surface area contributed by atoms with Crippen molar-refractivity contribution in [1.82, 2.24) is 0 Å². The molecule has 0 saturated carbocycles. The van der Waals surface area contributed by atoms with E-state index < -0.39 is 51.8 Å². The van der Waals surface area contributed by atoms with Gasteiger partial charge in [-0.05, 0) is 39.8 Å². The van der Waals surface area contributed by atoms with Gasteiger partial charge < -0.3 is 24.5 Å². The monoisotopic (exact) mass is 494 g/mol. The number of hydrogen-bond acceptors (Lipinski definition) is 9. The molecule has 1 fully saturated rings. The van der Waals surface area contributed by atoms with Gasteiger partial charge in [0.1, 0.15) is 17.4 Å². The molecule has 0 spiro atoms. The highest BCUT2D eigenvalue weighted by Crippen LogP contribution is 2.52. The molecule has 1 aromatic heterocycles. The van der Waals surface area contributed by atoms with Crippen LogP contribution in [0.4, 0.5) is 0 Å². The Balaban J connectivity index is 2.16. The van der Waals surface area contributed by atoms with Gasteiger partial charge in [0.2, 0.25) is 0 Å². The Morgan fingerprint density at radius 1 is 0.806 bits per heavy atom. The minimum absolute atomic E-state index is 0.0738. The van der Waals surface area contributed by atoms with Crippen molar-refractivity contribution in [2.45, 2.75) is 56.7 Å². The van der Waals surface area contributed by atoms with Gasteiger partial charge in [0.05, 0.1) is 17.1 Å². The molecule has 3 N–H and O–H groups in total. The van der Waals surface area contributed by atoms with E-state index in [1.54, 1.807) is 48.5 Å². The topological polar surface area (TPSA) is 151 Å². The number of para-hydroxylation sites is 1. The number of rotatable bonds is 5. The summed E-state index contributed by atoms with van der Waals surface area (Å²) in [6.45, 7) is 3.80. The molecule has 2 aromatic carbocycles. The molecule has 5 atom stereocenters. The lowest BCUT2D eigenvalue weighted by molar-refractivity contribution is -0.317. The van der Waals surface area contributed by atoms with Gasteiger partial charge in [-0.2, -0.15) is 0 Å². The minimum atomic E-state index is -3.36. The highest BCUT2D eigenvalue weighted by Gasteiger charge is 2.77. The van der Waals surface area contributed by atoms with Crippen LogP contribution in [0.15, 0.2) is 63.8 Å². The molecule has 0 amide bonds. The Morgan fingerprint density at radius 2 is 1.36 bits per heavy atom. The molecule has 1 aliphatic rings. The predicted molar refractivity (Wildman–Crippen MR) is 128 cm³/mol. The lowest BCUT2D eigenvalue weighted by Gasteiger charge is -2.57. The Hall–Kier alpha value is -3.50. The van der Waals surface area contributed by atoms with Gasteiger partial charge in [0.25, 0.3) is 0 Å². The minimum Gasteiger partial charge on any atom is -0.455 e. The van der Waals surface area contributed by atoms with Crippen molar-refractivity contribution in [1.29, 1.82) is 0 Å². The van der Waals surface area contributed by atoms with Gasteiger partial charge in [0.15, 0.2) is 39.6 Å². The molecule has 9 heteroatoms. The molecule has 0 radical (unpaired) electrons. The summed E-state index contributed by atoms with van der Waals surface area (Å²) in [6, 6.07) is 14.6. The highest BCUT2D eigenvalue weighted by atomic mass is 16.6. The van der Waals surface area contributed by atoms with Crippen molar-refractivity contribution in [3.05, 3.63) is 70.4 Å². The van der Waals surface area contributed by atoms with Crippen LogP contribution in [0.1, 0.15) is 39.4 Å². The van der Waals surface area contributed by atoms with Gasteiger partial charge in [-0.3, -0.25) is 19.2 Å². The molecule has 188 valence electrons. The van der Waals surface area contributed by atoms with E-state index in [9.17, 15) is 34.5 Å². The van der Waals surface area contributed by atoms with E-state index in [4.69, 9.17) is 9.15 Å². The number of ketones is 3. The van der Waals surface area contributed by atoms with Crippen molar-refractivity contribution < 1.29 is 38.9 Å². The second-order valence-electron chi connectivity index (χ2n) is 9.11. The van der Waals surface area contributed by atoms with E-state index in [0.717, 1.165) is 20.8 Å². The fraction of sp³-hybridized carbons (Fsp3) is 0.333. The van der Waals surface area contributed by atoms with Crippen LogP contribution in [0.2, 0.25) is 0 Å². The first-order valence-corrected chi connectivity index (χ1v) is 11.3. The second kappa shape index (κ2) is 8.56. The molecule has 36 heavy (non-hydrogen) atoms. The maximum absolute atomic E-state index is 13.9. The molecule has 1 aliphatic heterocycles. The number of aliphatic hydroxyl groups is 3. The van der Waals surface area contributed by atoms with Crippen LogP contribution in [0.5, 0.6) is 0 Å². The average Bonchev–Trinajstić information content (AvgIpc) is 2.85. The van der Waals surface area contributed by atoms with Crippen LogP contribution < -0.4 is 5.43 Å². The summed E-state index contributed by atoms with van der Waals surface area (Å²) >= 11 is 0. The smallest absolute Gasteiger partial charge is 0.200 e. The molecule has 4 rings (SSSR count). The van der Waals surface area contributed by atoms with Crippen LogP contribution >= 0.6 is 0 Å². The summed E-state index contributed by atoms with van der Waals surface area (Å²) in [5, 5.41) is 35.0. The number of carbonyl (C=O) groups is 3. The molecule has 3 aromatic rings. The molecular formula is C27H26O9. The van der Waals surface area contributed by atoms with E-state index in [1.165, 1.54) is 13.0 Å². The SMILES string of the molecule is CC(=O)[C@]1(O)[C@](O)(C(C)=O)C(c2c(-c3ccccc3)oc3ccccc3c2=O)O[C@@H](C)[C@@]1(O)C(C)=O. The largest absolute Gasteiger partial charge is 0.455 e. The first-order chi connectivity index (χ1) is 16.8. The zero-order valence-corrected chi connectivity index (χ0v) is 20.1. The van der Waals surface area contributed by atoms with Crippen molar-refractivity contribution in [3.63, 3.8) is 0 Å². The predicted octanol–water partition coefficient (Wildman–Crippen LogP) is 1.88. The number of ether oxygens (including phenoxy) is 1. The van der Waals surface area contributed by atoms with Gasteiger partial charge >= 0.3 is 0 Å². The molecule has 9 nitrogen and oxygen atoms in total. The summed E-state index contributed by atoms with van der Waals surface area (Å²) < 4.78 is 11.9. The van der Waals surface area contributed by atoms with Crippen molar-refractivity contribution in [2.75, 3.05) is 0 Å². The average molecular weight is 494 g/mol. The van der Waals surface area contributed by atoms with Crippen molar-refractivity contribution in [2.24, 2.45) is 0 Å². The summed E-state index contributed by atoms with van der Waals surface area (Å²) in [5.41, 5.74) is -10.0. The van der Waals surface area contributed by atoms with Gasteiger partial charge in [-0.1, -0.05) is 42.5 Å². The number of Topliss-reactive ketones (excluding diaryl/α,β-unsaturated/α-hetero) is 3. The van der Waals surface area contributed by atoms with Crippen LogP contribution in [0.25, 0.3) is 22.3 Å². The van der Waals surface area contributed by atoms with Crippen LogP contribution in [-0.4, -0.2) is 55.6 Å². The third kappa shape index (κ3) is 3.17. The third-order valence-corrected chi connectivity index (χ3v) is 7.13. The van der Waals surface area contributed by atoms with E-state index >= 15 is 0 Å². The lowest BCUT2D eigenvalue weighted by atomic mass is 9.58. The first kappa shape index (κ1) is 25.6. The number of carbonyl (C=O) groups excluding carboxylic acids is 3. The number of benzene rings is 2. The summed E-state index contributed by atoms with van der Waals surface area (Å²) in [5.74, 6) is -3.65. The zero-order valence-electron chi connectivity index (χ0n) is 20.1. The fourth-order valence-corrected chi connectivity index (χ4v) is 5.17. The maximum Gasteiger partial charge on any atom is 0.200 e. The van der Waals surface area contributed by atoms with E-state index in [-0.39, 0.29) is 22.3 Å². The third-order valence-electron chi connectivity index (χ3n) is 7.13. The van der Waals surface area contributed by atoms with E-state index in [1.807, 2.05) is 0 Å². The molecule has 0 bridgehead atoms. The first-order valence-electron chi connectivity index (χ1n) is 11.3. The lowest BCUT2D eigenvalue weighted by Crippen LogP contribution is -2.83. The van der Waals surface area contributed by atoms with Gasteiger partial charge in [-0.15, -0.1) is 0 Å². The standard InChI is InChI=1S/C27H26O9/c1-14(28)25(32)17(4)35-24(26(33,15(2)29)27(25,34)16(3)30)21-22(31)19-12-8-9-13-20(19)36-23(21)18-10-6-5-7-11-18/h5-13,17,24,32-34H,1-4H3/t17-,24?,25-,26-,27+/m0/s1. The van der Waals surface area contributed by atoms with Crippen LogP contribution in [-0.2, 0) is 19.1 Å². The van der Waals surface area contributed by atoms with Crippen LogP contribution in [0, 0.1) is 0 Å². The fourth-order valence-electron chi connectivity index (χ4n) is 5.17. The van der Waals surface area contributed by atoms with E-state index in [0.29, 0.717) is 5.56 Å². The Bertz CT molecular complexity index is 1440. The Morgan fingerprint density at radius 3 is 1.92 bits per heavy atom. The summed E-state index contributed by atoms with van der Waals surface area (Å²) in [6.07, 6.45) is -3.61.